The molecular weight excluding hydrogens is 306 g/mol. The van der Waals surface area contributed by atoms with Gasteiger partial charge in [0.2, 0.25) is 5.91 Å². The molecule has 0 saturated heterocycles. The predicted octanol–water partition coefficient (Wildman–Crippen LogP) is 0.396. The molecule has 0 spiro atoms. The average molecular weight is 329 g/mol. The quantitative estimate of drug-likeness (QED) is 0.832. The van der Waals surface area contributed by atoms with Crippen LogP contribution < -0.4 is 5.32 Å². The number of aromatic amines is 1. The fourth-order valence-corrected chi connectivity index (χ4v) is 3.60. The van der Waals surface area contributed by atoms with E-state index >= 15 is 0 Å². The van der Waals surface area contributed by atoms with Gasteiger partial charge in [0.15, 0.2) is 0 Å². The molecule has 0 unspecified atom stereocenters. The second-order valence-corrected chi connectivity index (χ2v) is 6.76. The molecule has 8 heteroatoms. The summed E-state index contributed by atoms with van der Waals surface area (Å²) in [7, 11) is 0. The number of nitrogens with zero attached hydrogens (tertiary/aromatic N) is 5. The molecule has 2 aromatic heterocycles. The number of imidazole rings is 1. The Kier molecular flexibility index (Phi) is 3.84. The van der Waals surface area contributed by atoms with Crippen molar-refractivity contribution < 1.29 is 4.79 Å². The second kappa shape index (κ2) is 6.01. The molecule has 2 aliphatic rings. The number of amides is 1. The summed E-state index contributed by atoms with van der Waals surface area (Å²) in [6.07, 6.45) is 3.31. The van der Waals surface area contributed by atoms with Gasteiger partial charge in [0.05, 0.1) is 12.0 Å². The summed E-state index contributed by atoms with van der Waals surface area (Å²) in [6.45, 7) is 7.14. The molecule has 1 amide bonds. The van der Waals surface area contributed by atoms with E-state index in [1.807, 2.05) is 4.90 Å². The normalized spacial score (nSPS) is 20.6. The van der Waals surface area contributed by atoms with Gasteiger partial charge < -0.3 is 19.8 Å². The summed E-state index contributed by atoms with van der Waals surface area (Å²) < 4.78 is 2.17. The number of hydrogen-bond acceptors (Lipinski definition) is 5. The number of rotatable bonds is 2. The van der Waals surface area contributed by atoms with Crippen LogP contribution in [0, 0.1) is 0 Å². The fraction of sp³-hybridized carbons (Fsp3) is 0.625. The number of nitrogens with one attached hydrogen (secondary N) is 2. The summed E-state index contributed by atoms with van der Waals surface area (Å²) in [5.74, 6) is 2.42. The molecule has 0 radical (unpaired) electrons. The van der Waals surface area contributed by atoms with Crippen LogP contribution in [0.4, 0.5) is 0 Å². The van der Waals surface area contributed by atoms with Gasteiger partial charge in [-0.3, -0.25) is 4.79 Å². The van der Waals surface area contributed by atoms with Crippen LogP contribution in [0.1, 0.15) is 48.8 Å². The minimum absolute atomic E-state index is 0.104. The van der Waals surface area contributed by atoms with Crippen molar-refractivity contribution in [3.63, 3.8) is 0 Å². The van der Waals surface area contributed by atoms with Crippen molar-refractivity contribution in [1.82, 2.24) is 34.9 Å². The molecule has 4 heterocycles. The Morgan fingerprint density at radius 2 is 2.12 bits per heavy atom. The third-order valence-electron chi connectivity index (χ3n) is 4.88. The van der Waals surface area contributed by atoms with E-state index in [0.717, 1.165) is 49.0 Å². The van der Waals surface area contributed by atoms with E-state index in [9.17, 15) is 4.79 Å². The molecule has 2 N–H and O–H groups in total. The Labute approximate surface area is 140 Å². The lowest BCUT2D eigenvalue weighted by atomic mass is 10.0. The Balaban J connectivity index is 1.52. The zero-order chi connectivity index (χ0) is 16.7. The first kappa shape index (κ1) is 15.3. The Bertz CT molecular complexity index is 747. The van der Waals surface area contributed by atoms with E-state index in [0.29, 0.717) is 19.0 Å². The van der Waals surface area contributed by atoms with E-state index in [-0.39, 0.29) is 11.9 Å². The van der Waals surface area contributed by atoms with Crippen molar-refractivity contribution >= 4 is 5.91 Å². The van der Waals surface area contributed by atoms with Crippen LogP contribution in [0.2, 0.25) is 0 Å². The Hall–Kier alpha value is -2.22. The Morgan fingerprint density at radius 1 is 1.25 bits per heavy atom. The van der Waals surface area contributed by atoms with Gasteiger partial charge in [-0.15, -0.1) is 10.2 Å². The highest BCUT2D eigenvalue weighted by atomic mass is 16.2. The minimum Gasteiger partial charge on any atom is -0.348 e. The first-order chi connectivity index (χ1) is 11.6. The van der Waals surface area contributed by atoms with Gasteiger partial charge in [-0.1, -0.05) is 13.8 Å². The van der Waals surface area contributed by atoms with E-state index in [1.54, 1.807) is 6.33 Å². The molecule has 1 atom stereocenters. The molecule has 8 nitrogen and oxygen atoms in total. The fourth-order valence-electron chi connectivity index (χ4n) is 3.60. The molecule has 128 valence electrons. The van der Waals surface area contributed by atoms with Crippen molar-refractivity contribution in [2.24, 2.45) is 0 Å². The molecule has 4 rings (SSSR count). The van der Waals surface area contributed by atoms with Crippen LogP contribution in [0.5, 0.6) is 0 Å². The summed E-state index contributed by atoms with van der Waals surface area (Å²) in [5, 5.41) is 11.9. The van der Waals surface area contributed by atoms with E-state index in [2.05, 4.69) is 43.9 Å². The summed E-state index contributed by atoms with van der Waals surface area (Å²) in [6, 6.07) is -0.340. The number of aromatic nitrogens is 5. The van der Waals surface area contributed by atoms with E-state index in [1.165, 1.54) is 0 Å². The summed E-state index contributed by atoms with van der Waals surface area (Å²) >= 11 is 0. The van der Waals surface area contributed by atoms with Crippen LogP contribution >= 0.6 is 0 Å². The Morgan fingerprint density at radius 3 is 2.96 bits per heavy atom. The highest BCUT2D eigenvalue weighted by molar-refractivity contribution is 5.83. The van der Waals surface area contributed by atoms with Crippen LogP contribution in [0.15, 0.2) is 6.33 Å². The van der Waals surface area contributed by atoms with Crippen LogP contribution in [-0.4, -0.2) is 55.2 Å². The zero-order valence-corrected chi connectivity index (χ0v) is 14.1. The van der Waals surface area contributed by atoms with Crippen LogP contribution in [-0.2, 0) is 24.2 Å². The van der Waals surface area contributed by atoms with Gasteiger partial charge >= 0.3 is 0 Å². The zero-order valence-electron chi connectivity index (χ0n) is 14.1. The molecule has 2 aromatic rings. The molecule has 0 fully saturated rings. The second-order valence-electron chi connectivity index (χ2n) is 6.76. The van der Waals surface area contributed by atoms with Gasteiger partial charge in [0.25, 0.3) is 0 Å². The molecule has 0 aromatic carbocycles. The standard InChI is InChI=1S/C16H23N7O/c1-10(2)15-21-20-12-4-6-22(7-8-23(12)15)16(24)14-13-11(3-5-17-14)18-9-19-13/h9-10,14,17H,3-8H2,1-2H3,(H,18,19)/t14-/m1/s1. The molecule has 24 heavy (non-hydrogen) atoms. The summed E-state index contributed by atoms with van der Waals surface area (Å²) in [4.78, 5) is 22.4. The minimum atomic E-state index is -0.340. The first-order valence-electron chi connectivity index (χ1n) is 8.61. The van der Waals surface area contributed by atoms with E-state index in [4.69, 9.17) is 0 Å². The monoisotopic (exact) mass is 329 g/mol. The van der Waals surface area contributed by atoms with Crippen LogP contribution in [0.3, 0.4) is 0 Å². The van der Waals surface area contributed by atoms with E-state index < -0.39 is 0 Å². The van der Waals surface area contributed by atoms with Gasteiger partial charge in [-0.25, -0.2) is 4.98 Å². The maximum Gasteiger partial charge on any atom is 0.246 e. The largest absolute Gasteiger partial charge is 0.348 e. The van der Waals surface area contributed by atoms with Gasteiger partial charge in [-0.05, 0) is 0 Å². The topological polar surface area (TPSA) is 91.7 Å². The number of carbonyl (C=O) groups excluding carboxylic acids is 1. The summed E-state index contributed by atoms with van der Waals surface area (Å²) in [5.41, 5.74) is 1.92. The van der Waals surface area contributed by atoms with Crippen molar-refractivity contribution in [1.29, 1.82) is 0 Å². The highest BCUT2D eigenvalue weighted by Crippen LogP contribution is 2.23. The number of hydrogen-bond donors (Lipinski definition) is 2. The SMILES string of the molecule is CC(C)c1nnc2n1CCN(C(=O)[C@@H]1NCCc3[nH]cnc31)CC2. The van der Waals surface area contributed by atoms with Crippen molar-refractivity contribution in [3.05, 3.63) is 29.4 Å². The predicted molar refractivity (Wildman–Crippen MR) is 87.4 cm³/mol. The van der Waals surface area contributed by atoms with Crippen molar-refractivity contribution in [2.75, 3.05) is 19.6 Å². The highest BCUT2D eigenvalue weighted by Gasteiger charge is 2.33. The van der Waals surface area contributed by atoms with Gasteiger partial charge in [-0.2, -0.15) is 0 Å². The average Bonchev–Trinajstić information content (AvgIpc) is 3.16. The van der Waals surface area contributed by atoms with Crippen molar-refractivity contribution in [2.45, 2.75) is 45.2 Å². The molecular formula is C16H23N7O. The van der Waals surface area contributed by atoms with Crippen LogP contribution in [0.25, 0.3) is 0 Å². The lowest BCUT2D eigenvalue weighted by Crippen LogP contribution is -2.45. The number of H-pyrrole nitrogens is 1. The smallest absolute Gasteiger partial charge is 0.246 e. The van der Waals surface area contributed by atoms with Gasteiger partial charge in [0.1, 0.15) is 17.7 Å². The number of carbonyl (C=O) groups is 1. The molecule has 2 aliphatic heterocycles. The maximum absolute atomic E-state index is 13.0. The van der Waals surface area contributed by atoms with Gasteiger partial charge in [0, 0.05) is 50.6 Å². The lowest BCUT2D eigenvalue weighted by molar-refractivity contribution is -0.133. The molecule has 0 saturated carbocycles. The number of fused-ring (bicyclic) bond motifs is 2. The third kappa shape index (κ3) is 2.50. The lowest BCUT2D eigenvalue weighted by Gasteiger charge is -2.28. The van der Waals surface area contributed by atoms with Crippen molar-refractivity contribution in [3.8, 4) is 0 Å². The first-order valence-corrected chi connectivity index (χ1v) is 8.61. The molecule has 0 aliphatic carbocycles. The molecule has 0 bridgehead atoms. The third-order valence-corrected chi connectivity index (χ3v) is 4.88. The maximum atomic E-state index is 13.0.